The number of rotatable bonds is 2. The minimum Gasteiger partial charge on any atom is -0.0620 e. The van der Waals surface area contributed by atoms with Gasteiger partial charge in [-0.2, -0.15) is 0 Å². The summed E-state index contributed by atoms with van der Waals surface area (Å²) in [5, 5.41) is 0. The predicted molar refractivity (Wildman–Crippen MR) is 216 cm³/mol. The summed E-state index contributed by atoms with van der Waals surface area (Å²) in [6, 6.07) is 0. The standard InChI is InChI=1S/C44H78.C5H12/c1-19-24(6)32(14)42-37(27(19)9)35(17)44(34(16)26(8)25(7)33(15)43(42)44)18-36-38-28(10)20(2)22(4)30(12)40(38)41-31(13)23(5)21(3)29(11)39(36)41;1-5(2,3)4/h19-43H,18H2,1-17H3;1-4H3. The lowest BCUT2D eigenvalue weighted by atomic mass is 9.45. The highest BCUT2D eigenvalue weighted by molar-refractivity contribution is 5.19. The lowest BCUT2D eigenvalue weighted by molar-refractivity contribution is -0.120. The molecule has 0 bridgehead atoms. The van der Waals surface area contributed by atoms with Crippen LogP contribution < -0.4 is 0 Å². The second-order valence-corrected chi connectivity index (χ2v) is 23.4. The number of hydrogen-bond acceptors (Lipinski definition) is 0. The summed E-state index contributed by atoms with van der Waals surface area (Å²) in [5.74, 6) is 22.0. The van der Waals surface area contributed by atoms with Crippen molar-refractivity contribution in [2.75, 3.05) is 0 Å². The molecule has 0 spiro atoms. The fourth-order valence-electron chi connectivity index (χ4n) is 16.8. The van der Waals surface area contributed by atoms with Crippen molar-refractivity contribution in [1.29, 1.82) is 0 Å². The molecular formula is C49H90. The molecule has 0 heteroatoms. The van der Waals surface area contributed by atoms with Gasteiger partial charge in [0.25, 0.3) is 0 Å². The van der Waals surface area contributed by atoms with Crippen LogP contribution in [0.1, 0.15) is 152 Å². The van der Waals surface area contributed by atoms with Crippen molar-refractivity contribution in [1.82, 2.24) is 0 Å². The molecule has 0 N–H and O–H groups in total. The summed E-state index contributed by atoms with van der Waals surface area (Å²) >= 11 is 0. The molecule has 286 valence electrons. The molecule has 0 saturated heterocycles. The van der Waals surface area contributed by atoms with E-state index in [1.807, 2.05) is 0 Å². The quantitative estimate of drug-likeness (QED) is 0.273. The van der Waals surface area contributed by atoms with Gasteiger partial charge in [0.15, 0.2) is 0 Å². The summed E-state index contributed by atoms with van der Waals surface area (Å²) in [5.41, 5.74) is 1.00. The normalized spacial score (nSPS) is 61.5. The molecule has 6 aliphatic carbocycles. The lowest BCUT2D eigenvalue weighted by Crippen LogP contribution is -2.54. The Morgan fingerprint density at radius 1 is 0.306 bits per heavy atom. The second kappa shape index (κ2) is 13.7. The van der Waals surface area contributed by atoms with E-state index in [2.05, 4.69) is 145 Å². The molecule has 6 aliphatic rings. The van der Waals surface area contributed by atoms with Gasteiger partial charge in [-0.3, -0.25) is 0 Å². The fraction of sp³-hybridized carbons (Fsp3) is 1.00. The van der Waals surface area contributed by atoms with Crippen LogP contribution in [0.5, 0.6) is 0 Å². The molecule has 25 atom stereocenters. The van der Waals surface area contributed by atoms with Gasteiger partial charge in [0.2, 0.25) is 0 Å². The Bertz CT molecular complexity index is 1080. The predicted octanol–water partition coefficient (Wildman–Crippen LogP) is 14.2. The molecule has 0 aromatic heterocycles. The maximum absolute atomic E-state index is 2.84. The largest absolute Gasteiger partial charge is 0.0620 e. The van der Waals surface area contributed by atoms with Gasteiger partial charge in [0.05, 0.1) is 0 Å². The summed E-state index contributed by atoms with van der Waals surface area (Å²) in [7, 11) is 0. The fourth-order valence-corrected chi connectivity index (χ4v) is 16.8. The molecule has 0 amide bonds. The average Bonchev–Trinajstić information content (AvgIpc) is 3.50. The minimum absolute atomic E-state index is 0.500. The van der Waals surface area contributed by atoms with E-state index in [1.54, 1.807) is 6.42 Å². The minimum atomic E-state index is 0.500. The van der Waals surface area contributed by atoms with E-state index >= 15 is 0 Å². The Kier molecular flexibility index (Phi) is 11.2. The van der Waals surface area contributed by atoms with Crippen LogP contribution in [0, 0.1) is 159 Å². The molecule has 6 fully saturated rings. The van der Waals surface area contributed by atoms with E-state index in [9.17, 15) is 0 Å². The van der Waals surface area contributed by atoms with E-state index in [4.69, 9.17) is 0 Å². The lowest BCUT2D eigenvalue weighted by Gasteiger charge is -2.60. The Morgan fingerprint density at radius 2 is 0.592 bits per heavy atom. The van der Waals surface area contributed by atoms with Gasteiger partial charge < -0.3 is 0 Å². The molecule has 0 aromatic carbocycles. The first-order chi connectivity index (χ1) is 22.4. The van der Waals surface area contributed by atoms with Crippen molar-refractivity contribution >= 4 is 0 Å². The van der Waals surface area contributed by atoms with Crippen molar-refractivity contribution < 1.29 is 0 Å². The van der Waals surface area contributed by atoms with E-state index in [-0.39, 0.29) is 0 Å². The molecule has 6 rings (SSSR count). The second-order valence-electron chi connectivity index (χ2n) is 23.4. The first-order valence-electron chi connectivity index (χ1n) is 22.4. The van der Waals surface area contributed by atoms with Crippen molar-refractivity contribution in [3.8, 4) is 0 Å². The Balaban J connectivity index is 0.000000874. The van der Waals surface area contributed by atoms with Crippen LogP contribution in [0.4, 0.5) is 0 Å². The van der Waals surface area contributed by atoms with Crippen LogP contribution in [-0.2, 0) is 0 Å². The van der Waals surface area contributed by atoms with Gasteiger partial charge in [-0.1, -0.05) is 145 Å². The molecule has 0 aliphatic heterocycles. The van der Waals surface area contributed by atoms with Gasteiger partial charge in [-0.05, 0) is 165 Å². The van der Waals surface area contributed by atoms with Crippen molar-refractivity contribution in [3.05, 3.63) is 0 Å². The van der Waals surface area contributed by atoms with Gasteiger partial charge in [0, 0.05) is 0 Å². The third-order valence-corrected chi connectivity index (χ3v) is 20.8. The highest BCUT2D eigenvalue weighted by atomic mass is 14.8. The van der Waals surface area contributed by atoms with Crippen LogP contribution in [0.15, 0.2) is 0 Å². The maximum atomic E-state index is 2.84. The van der Waals surface area contributed by atoms with E-state index in [1.165, 1.54) is 0 Å². The first kappa shape index (κ1) is 40.2. The molecular weight excluding hydrogens is 589 g/mol. The first-order valence-corrected chi connectivity index (χ1v) is 22.4. The molecule has 0 aromatic rings. The van der Waals surface area contributed by atoms with Crippen LogP contribution >= 0.6 is 0 Å². The Hall–Kier alpha value is 0. The van der Waals surface area contributed by atoms with Gasteiger partial charge in [-0.15, -0.1) is 0 Å². The molecule has 0 heterocycles. The van der Waals surface area contributed by atoms with Gasteiger partial charge in [0.1, 0.15) is 0 Å². The van der Waals surface area contributed by atoms with Crippen LogP contribution in [0.3, 0.4) is 0 Å². The number of hydrogen-bond donors (Lipinski definition) is 0. The summed E-state index contributed by atoms with van der Waals surface area (Å²) in [4.78, 5) is 0. The summed E-state index contributed by atoms with van der Waals surface area (Å²) in [6.45, 7) is 54.8. The van der Waals surface area contributed by atoms with Crippen LogP contribution in [0.25, 0.3) is 0 Å². The average molecular weight is 679 g/mol. The van der Waals surface area contributed by atoms with Crippen LogP contribution in [0.2, 0.25) is 0 Å². The zero-order valence-corrected chi connectivity index (χ0v) is 37.1. The highest BCUT2D eigenvalue weighted by Gasteiger charge is 2.71. The van der Waals surface area contributed by atoms with Crippen molar-refractivity contribution in [3.63, 3.8) is 0 Å². The smallest absolute Gasteiger partial charge is 0.0204 e. The van der Waals surface area contributed by atoms with E-state index in [0.29, 0.717) is 10.8 Å². The zero-order valence-electron chi connectivity index (χ0n) is 37.1. The third kappa shape index (κ3) is 5.92. The monoisotopic (exact) mass is 679 g/mol. The molecule has 6 saturated carbocycles. The van der Waals surface area contributed by atoms with Gasteiger partial charge >= 0.3 is 0 Å². The zero-order chi connectivity index (χ0) is 37.1. The molecule has 49 heavy (non-hydrogen) atoms. The Morgan fingerprint density at radius 3 is 0.959 bits per heavy atom. The summed E-state index contributed by atoms with van der Waals surface area (Å²) in [6.07, 6.45) is 1.56. The Labute approximate surface area is 309 Å². The SMILES string of the molecule is CC(C)(C)C.CC1C(C)C(C)C2C(C1C)C(CC13C(C)C(C)C(C)C(C)C1C1C(C)C(C)C(C)C(C)C1C3C)C1C(C)C(C)C(C)C(C)C12. The highest BCUT2D eigenvalue weighted by Crippen LogP contribution is 2.76. The third-order valence-electron chi connectivity index (χ3n) is 20.8. The molecule has 25 unspecified atom stereocenters. The summed E-state index contributed by atoms with van der Waals surface area (Å²) < 4.78 is 0. The van der Waals surface area contributed by atoms with Crippen LogP contribution in [-0.4, -0.2) is 0 Å². The maximum Gasteiger partial charge on any atom is -0.0204 e. The van der Waals surface area contributed by atoms with Crippen molar-refractivity contribution in [2.24, 2.45) is 159 Å². The molecule has 0 nitrogen and oxygen atoms in total. The topological polar surface area (TPSA) is 0 Å². The van der Waals surface area contributed by atoms with Gasteiger partial charge in [-0.25, -0.2) is 0 Å². The number of fused-ring (bicyclic) bond motifs is 6. The van der Waals surface area contributed by atoms with E-state index < -0.39 is 0 Å². The van der Waals surface area contributed by atoms with Crippen molar-refractivity contribution in [2.45, 2.75) is 152 Å². The molecule has 0 radical (unpaired) electrons. The van der Waals surface area contributed by atoms with E-state index in [0.717, 1.165) is 148 Å².